The number of para-hydroxylation sites is 1. The molecule has 2 aliphatic heterocycles. The molecule has 2 aromatic heterocycles. The zero-order chi connectivity index (χ0) is 21.0. The number of thiophene rings is 1. The van der Waals surface area contributed by atoms with Crippen LogP contribution in [0.5, 0.6) is 0 Å². The molecule has 1 unspecified atom stereocenters. The molecule has 0 saturated heterocycles. The Morgan fingerprint density at radius 3 is 2.90 bits per heavy atom. The molecule has 5 rings (SSSR count). The van der Waals surface area contributed by atoms with Gasteiger partial charge < -0.3 is 24.8 Å². The van der Waals surface area contributed by atoms with E-state index >= 15 is 0 Å². The van der Waals surface area contributed by atoms with Crippen molar-refractivity contribution in [3.8, 4) is 0 Å². The van der Waals surface area contributed by atoms with Gasteiger partial charge in [-0.05, 0) is 31.9 Å². The van der Waals surface area contributed by atoms with E-state index in [2.05, 4.69) is 34.3 Å². The third-order valence-corrected chi connectivity index (χ3v) is 7.25. The Hall–Kier alpha value is -3.00. The predicted octanol–water partition coefficient (Wildman–Crippen LogP) is 3.92. The van der Waals surface area contributed by atoms with Crippen LogP contribution < -0.4 is 10.6 Å². The van der Waals surface area contributed by atoms with Gasteiger partial charge in [0.05, 0.1) is 18.7 Å². The SMILES string of the molecule is CCOC(=O)N1CCc2c(sc3c2C(=O)NC(c2c(C)n(C)c4ccccc24)N3)C1. The number of carbonyl (C=O) groups is 2. The lowest BCUT2D eigenvalue weighted by atomic mass is 10.00. The molecule has 0 fully saturated rings. The third kappa shape index (κ3) is 2.78. The van der Waals surface area contributed by atoms with Crippen LogP contribution in [0.3, 0.4) is 0 Å². The van der Waals surface area contributed by atoms with Crippen molar-refractivity contribution >= 4 is 39.2 Å². The van der Waals surface area contributed by atoms with Crippen LogP contribution in [-0.4, -0.2) is 34.6 Å². The maximum atomic E-state index is 13.1. The summed E-state index contributed by atoms with van der Waals surface area (Å²) in [5.41, 5.74) is 5.13. The average molecular weight is 425 g/mol. The van der Waals surface area contributed by atoms with E-state index in [-0.39, 0.29) is 18.2 Å². The van der Waals surface area contributed by atoms with Gasteiger partial charge in [0.1, 0.15) is 11.2 Å². The van der Waals surface area contributed by atoms with Crippen molar-refractivity contribution in [2.24, 2.45) is 7.05 Å². The summed E-state index contributed by atoms with van der Waals surface area (Å²) in [6.45, 7) is 5.29. The Morgan fingerprint density at radius 2 is 2.10 bits per heavy atom. The molecule has 0 saturated carbocycles. The highest BCUT2D eigenvalue weighted by atomic mass is 32.1. The number of benzene rings is 1. The average Bonchev–Trinajstić information content (AvgIpc) is 3.23. The lowest BCUT2D eigenvalue weighted by Gasteiger charge is -2.28. The third-order valence-electron chi connectivity index (χ3n) is 6.10. The first-order chi connectivity index (χ1) is 14.5. The number of aromatic nitrogens is 1. The highest BCUT2D eigenvalue weighted by Gasteiger charge is 2.35. The molecule has 0 bridgehead atoms. The topological polar surface area (TPSA) is 75.6 Å². The number of rotatable bonds is 2. The Morgan fingerprint density at radius 1 is 1.30 bits per heavy atom. The number of ether oxygens (including phenoxy) is 1. The fourth-order valence-corrected chi connectivity index (χ4v) is 5.83. The van der Waals surface area contributed by atoms with Gasteiger partial charge in [0.15, 0.2) is 0 Å². The molecule has 4 heterocycles. The second-order valence-electron chi connectivity index (χ2n) is 7.70. The minimum atomic E-state index is -0.295. The first-order valence-corrected chi connectivity index (χ1v) is 11.0. The van der Waals surface area contributed by atoms with Crippen LogP contribution >= 0.6 is 11.3 Å². The molecule has 0 spiro atoms. The number of nitrogens with zero attached hydrogens (tertiary/aromatic N) is 2. The Bertz CT molecular complexity index is 1180. The van der Waals surface area contributed by atoms with E-state index < -0.39 is 0 Å². The van der Waals surface area contributed by atoms with Crippen molar-refractivity contribution in [3.63, 3.8) is 0 Å². The molecule has 7 nitrogen and oxygen atoms in total. The standard InChI is InChI=1S/C22H24N4O3S/c1-4-29-22(28)26-10-9-14-16(11-26)30-21-18(14)20(27)23-19(24-21)17-12(2)25(3)15-8-6-5-7-13(15)17/h5-8,19,24H,4,9-11H2,1-3H3,(H,23,27). The van der Waals surface area contributed by atoms with E-state index in [4.69, 9.17) is 4.74 Å². The van der Waals surface area contributed by atoms with Crippen molar-refractivity contribution in [1.82, 2.24) is 14.8 Å². The van der Waals surface area contributed by atoms with Gasteiger partial charge in [-0.2, -0.15) is 0 Å². The molecule has 2 amide bonds. The van der Waals surface area contributed by atoms with Gasteiger partial charge in [-0.3, -0.25) is 4.79 Å². The van der Waals surface area contributed by atoms with E-state index in [1.165, 1.54) is 0 Å². The molecular formula is C22H24N4O3S. The summed E-state index contributed by atoms with van der Waals surface area (Å²) in [6.07, 6.45) is 0.0705. The Kier molecular flexibility index (Phi) is 4.47. The van der Waals surface area contributed by atoms with Crippen molar-refractivity contribution in [1.29, 1.82) is 0 Å². The van der Waals surface area contributed by atoms with Crippen LogP contribution in [-0.2, 0) is 24.8 Å². The molecule has 3 aromatic rings. The smallest absolute Gasteiger partial charge is 0.410 e. The Balaban J connectivity index is 1.50. The summed E-state index contributed by atoms with van der Waals surface area (Å²) in [5.74, 6) is -0.0526. The highest BCUT2D eigenvalue weighted by Crippen LogP contribution is 2.42. The Labute approximate surface area is 178 Å². The molecule has 0 radical (unpaired) electrons. The molecule has 156 valence electrons. The molecule has 1 atom stereocenters. The summed E-state index contributed by atoms with van der Waals surface area (Å²) in [5, 5.41) is 8.73. The minimum absolute atomic E-state index is 0.0526. The van der Waals surface area contributed by atoms with Crippen LogP contribution in [0.2, 0.25) is 0 Å². The number of carbonyl (C=O) groups excluding carboxylic acids is 2. The first-order valence-electron chi connectivity index (χ1n) is 10.2. The number of aryl methyl sites for hydroxylation is 1. The summed E-state index contributed by atoms with van der Waals surface area (Å²) in [7, 11) is 2.05. The molecule has 30 heavy (non-hydrogen) atoms. The zero-order valence-corrected chi connectivity index (χ0v) is 18.1. The van der Waals surface area contributed by atoms with Crippen molar-refractivity contribution in [2.45, 2.75) is 33.0 Å². The van der Waals surface area contributed by atoms with Gasteiger partial charge in [0.25, 0.3) is 5.91 Å². The molecular weight excluding hydrogens is 400 g/mol. The van der Waals surface area contributed by atoms with Gasteiger partial charge in [0.2, 0.25) is 0 Å². The van der Waals surface area contributed by atoms with Gasteiger partial charge in [-0.1, -0.05) is 18.2 Å². The zero-order valence-electron chi connectivity index (χ0n) is 17.2. The summed E-state index contributed by atoms with van der Waals surface area (Å²) < 4.78 is 7.30. The van der Waals surface area contributed by atoms with Gasteiger partial charge >= 0.3 is 6.09 Å². The monoisotopic (exact) mass is 424 g/mol. The summed E-state index contributed by atoms with van der Waals surface area (Å²) in [6, 6.07) is 8.24. The number of amides is 2. The van der Waals surface area contributed by atoms with Crippen LogP contribution in [0.4, 0.5) is 9.80 Å². The fraction of sp³-hybridized carbons (Fsp3) is 0.364. The van der Waals surface area contributed by atoms with Crippen molar-refractivity contribution in [3.05, 3.63) is 51.5 Å². The molecule has 1 aromatic carbocycles. The largest absolute Gasteiger partial charge is 0.450 e. The van der Waals surface area contributed by atoms with Gasteiger partial charge in [-0.25, -0.2) is 4.79 Å². The number of hydrogen-bond donors (Lipinski definition) is 2. The molecule has 8 heteroatoms. The van der Waals surface area contributed by atoms with Crippen molar-refractivity contribution < 1.29 is 14.3 Å². The lowest BCUT2D eigenvalue weighted by Crippen LogP contribution is -2.39. The molecule has 2 aliphatic rings. The van der Waals surface area contributed by atoms with Crippen LogP contribution in [0.15, 0.2) is 24.3 Å². The normalized spacial score (nSPS) is 17.9. The van der Waals surface area contributed by atoms with Crippen molar-refractivity contribution in [2.75, 3.05) is 18.5 Å². The van der Waals surface area contributed by atoms with Gasteiger partial charge in [0, 0.05) is 40.6 Å². The second kappa shape index (κ2) is 7.05. The summed E-state index contributed by atoms with van der Waals surface area (Å²) in [4.78, 5) is 28.0. The highest BCUT2D eigenvalue weighted by molar-refractivity contribution is 7.16. The van der Waals surface area contributed by atoms with Crippen LogP contribution in [0.25, 0.3) is 10.9 Å². The molecule has 2 N–H and O–H groups in total. The van der Waals surface area contributed by atoms with Crippen LogP contribution in [0, 0.1) is 6.92 Å². The lowest BCUT2D eigenvalue weighted by molar-refractivity contribution is 0.0934. The maximum Gasteiger partial charge on any atom is 0.410 e. The van der Waals surface area contributed by atoms with Gasteiger partial charge in [-0.15, -0.1) is 11.3 Å². The van der Waals surface area contributed by atoms with E-state index in [1.54, 1.807) is 23.2 Å². The van der Waals surface area contributed by atoms with E-state index in [9.17, 15) is 9.59 Å². The first kappa shape index (κ1) is 19.0. The van der Waals surface area contributed by atoms with E-state index in [1.807, 2.05) is 19.2 Å². The predicted molar refractivity (Wildman–Crippen MR) is 117 cm³/mol. The number of nitrogens with one attached hydrogen (secondary N) is 2. The quantitative estimate of drug-likeness (QED) is 0.654. The fourth-order valence-electron chi connectivity index (χ4n) is 4.55. The number of hydrogen-bond acceptors (Lipinski definition) is 5. The molecule has 0 aliphatic carbocycles. The van der Waals surface area contributed by atoms with E-state index in [0.717, 1.165) is 43.2 Å². The maximum absolute atomic E-state index is 13.1. The minimum Gasteiger partial charge on any atom is -0.450 e. The number of fused-ring (bicyclic) bond motifs is 4. The summed E-state index contributed by atoms with van der Waals surface area (Å²) >= 11 is 1.57. The van der Waals surface area contributed by atoms with E-state index in [0.29, 0.717) is 26.1 Å². The number of anilines is 1. The second-order valence-corrected chi connectivity index (χ2v) is 8.81. The van der Waals surface area contributed by atoms with Crippen LogP contribution in [0.1, 0.15) is 45.1 Å².